The second-order valence-electron chi connectivity index (χ2n) is 4.51. The van der Waals surface area contributed by atoms with Crippen molar-refractivity contribution in [1.82, 2.24) is 5.16 Å². The van der Waals surface area contributed by atoms with Crippen LogP contribution < -0.4 is 0 Å². The first-order valence-corrected chi connectivity index (χ1v) is 7.43. The zero-order valence-electron chi connectivity index (χ0n) is 11.7. The van der Waals surface area contributed by atoms with Crippen LogP contribution in [0.5, 0.6) is 0 Å². The lowest BCUT2D eigenvalue weighted by atomic mass is 10.2. The van der Waals surface area contributed by atoms with Crippen LogP contribution in [0.15, 0.2) is 52.4 Å². The maximum Gasteiger partial charge on any atom is 0.345 e. The molecule has 116 valence electrons. The van der Waals surface area contributed by atoms with Crippen molar-refractivity contribution in [3.8, 4) is 10.6 Å². The maximum atomic E-state index is 12.0. The highest BCUT2D eigenvalue weighted by molar-refractivity contribution is 7.13. The fourth-order valence-corrected chi connectivity index (χ4v) is 2.61. The van der Waals surface area contributed by atoms with E-state index in [-0.39, 0.29) is 17.9 Å². The minimum Gasteiger partial charge on any atom is -0.455 e. The molecule has 0 saturated carbocycles. The van der Waals surface area contributed by atoms with Gasteiger partial charge in [-0.15, -0.1) is 11.3 Å². The van der Waals surface area contributed by atoms with Gasteiger partial charge in [-0.05, 0) is 17.5 Å². The van der Waals surface area contributed by atoms with Crippen LogP contribution in [0, 0.1) is 10.1 Å². The largest absolute Gasteiger partial charge is 0.455 e. The molecule has 0 aliphatic heterocycles. The number of hydrogen-bond donors (Lipinski definition) is 0. The number of nitro groups is 1. The molecule has 0 unspecified atom stereocenters. The van der Waals surface area contributed by atoms with Crippen LogP contribution in [0.2, 0.25) is 0 Å². The van der Waals surface area contributed by atoms with Crippen LogP contribution in [-0.4, -0.2) is 16.0 Å². The Morgan fingerprint density at radius 2 is 2.13 bits per heavy atom. The Bertz CT molecular complexity index is 841. The molecule has 7 nitrogen and oxygen atoms in total. The Balaban J connectivity index is 1.69. The normalized spacial score (nSPS) is 10.4. The quantitative estimate of drug-likeness (QED) is 0.402. The van der Waals surface area contributed by atoms with E-state index in [1.807, 2.05) is 17.5 Å². The van der Waals surface area contributed by atoms with Crippen LogP contribution in [0.1, 0.15) is 16.1 Å². The summed E-state index contributed by atoms with van der Waals surface area (Å²) in [5.74, 6) is -0.199. The molecule has 0 saturated heterocycles. The van der Waals surface area contributed by atoms with Crippen molar-refractivity contribution in [3.05, 3.63) is 69.2 Å². The van der Waals surface area contributed by atoms with Crippen molar-refractivity contribution in [1.29, 1.82) is 0 Å². The van der Waals surface area contributed by atoms with Crippen molar-refractivity contribution >= 4 is 23.0 Å². The van der Waals surface area contributed by atoms with Gasteiger partial charge in [0, 0.05) is 12.1 Å². The van der Waals surface area contributed by atoms with Crippen molar-refractivity contribution in [3.63, 3.8) is 0 Å². The number of benzene rings is 1. The molecular weight excluding hydrogens is 320 g/mol. The number of nitro benzene ring substituents is 1. The summed E-state index contributed by atoms with van der Waals surface area (Å²) in [4.78, 5) is 23.2. The summed E-state index contributed by atoms with van der Waals surface area (Å²) >= 11 is 1.50. The number of nitrogens with zero attached hydrogens (tertiary/aromatic N) is 2. The van der Waals surface area contributed by atoms with Crippen LogP contribution in [-0.2, 0) is 11.3 Å². The highest BCUT2D eigenvalue weighted by Gasteiger charge is 2.21. The molecule has 23 heavy (non-hydrogen) atoms. The van der Waals surface area contributed by atoms with Gasteiger partial charge in [-0.2, -0.15) is 0 Å². The van der Waals surface area contributed by atoms with Crippen molar-refractivity contribution in [2.75, 3.05) is 0 Å². The smallest absolute Gasteiger partial charge is 0.345 e. The molecule has 8 heteroatoms. The molecule has 1 aromatic carbocycles. The average molecular weight is 330 g/mol. The second kappa shape index (κ2) is 6.41. The van der Waals surface area contributed by atoms with Crippen LogP contribution in [0.3, 0.4) is 0 Å². The predicted molar refractivity (Wildman–Crippen MR) is 82.0 cm³/mol. The van der Waals surface area contributed by atoms with Gasteiger partial charge in [-0.3, -0.25) is 10.1 Å². The number of ether oxygens (including phenoxy) is 1. The Labute approximate surface area is 134 Å². The number of esters is 1. The standard InChI is InChI=1S/C15H10N2O5S/c18-15(11-4-1-2-5-12(11)17(19)20)21-9-10-8-13(22-16-10)14-6-3-7-23-14/h1-8H,9H2. The number of hydrogen-bond acceptors (Lipinski definition) is 7. The molecule has 0 aliphatic rings. The van der Waals surface area contributed by atoms with E-state index in [4.69, 9.17) is 9.26 Å². The summed E-state index contributed by atoms with van der Waals surface area (Å²) in [6, 6.07) is 11.1. The van der Waals surface area contributed by atoms with E-state index in [9.17, 15) is 14.9 Å². The second-order valence-corrected chi connectivity index (χ2v) is 5.46. The first-order chi connectivity index (χ1) is 11.1. The lowest BCUT2D eigenvalue weighted by molar-refractivity contribution is -0.385. The van der Waals surface area contributed by atoms with E-state index in [0.717, 1.165) is 4.88 Å². The zero-order valence-corrected chi connectivity index (χ0v) is 12.5. The summed E-state index contributed by atoms with van der Waals surface area (Å²) in [6.07, 6.45) is 0. The number of carbonyl (C=O) groups is 1. The number of rotatable bonds is 5. The summed E-state index contributed by atoms with van der Waals surface area (Å²) in [5.41, 5.74) is 0.0386. The van der Waals surface area contributed by atoms with E-state index in [1.54, 1.807) is 6.07 Å². The Kier molecular flexibility index (Phi) is 4.15. The van der Waals surface area contributed by atoms with Crippen molar-refractivity contribution in [2.24, 2.45) is 0 Å². The summed E-state index contributed by atoms with van der Waals surface area (Å²) in [6.45, 7) is -0.125. The number of carbonyl (C=O) groups excluding carboxylic acids is 1. The minimum atomic E-state index is -0.780. The SMILES string of the molecule is O=C(OCc1cc(-c2cccs2)on1)c1ccccc1[N+](=O)[O-]. The molecule has 2 heterocycles. The molecule has 2 aromatic heterocycles. The molecule has 0 bridgehead atoms. The first-order valence-electron chi connectivity index (χ1n) is 6.55. The third-order valence-electron chi connectivity index (χ3n) is 2.99. The van der Waals surface area contributed by atoms with Gasteiger partial charge < -0.3 is 9.26 Å². The van der Waals surface area contributed by atoms with Gasteiger partial charge in [0.25, 0.3) is 5.69 Å². The van der Waals surface area contributed by atoms with Crippen LogP contribution in [0.4, 0.5) is 5.69 Å². The molecule has 0 amide bonds. The maximum absolute atomic E-state index is 12.0. The Morgan fingerprint density at radius 3 is 2.87 bits per heavy atom. The van der Waals surface area contributed by atoms with E-state index < -0.39 is 10.9 Å². The molecule has 3 rings (SSSR count). The summed E-state index contributed by atoms with van der Waals surface area (Å²) < 4.78 is 10.2. The summed E-state index contributed by atoms with van der Waals surface area (Å²) in [7, 11) is 0. The van der Waals surface area contributed by atoms with E-state index in [1.165, 1.54) is 35.6 Å². The fraction of sp³-hybridized carbons (Fsp3) is 0.0667. The average Bonchev–Trinajstić information content (AvgIpc) is 3.23. The summed E-state index contributed by atoms with van der Waals surface area (Å²) in [5, 5.41) is 16.6. The first kappa shape index (κ1) is 14.9. The molecule has 3 aromatic rings. The molecule has 0 aliphatic carbocycles. The van der Waals surface area contributed by atoms with E-state index in [2.05, 4.69) is 5.16 Å². The lowest BCUT2D eigenvalue weighted by Gasteiger charge is -2.03. The Morgan fingerprint density at radius 1 is 1.30 bits per heavy atom. The Hall–Kier alpha value is -3.00. The monoisotopic (exact) mass is 330 g/mol. The topological polar surface area (TPSA) is 95.5 Å². The molecule has 0 radical (unpaired) electrons. The molecule has 0 atom stereocenters. The number of thiophene rings is 1. The third kappa shape index (κ3) is 3.27. The van der Waals surface area contributed by atoms with Gasteiger partial charge in [0.15, 0.2) is 5.76 Å². The van der Waals surface area contributed by atoms with Crippen molar-refractivity contribution in [2.45, 2.75) is 6.61 Å². The van der Waals surface area contributed by atoms with Crippen LogP contribution >= 0.6 is 11.3 Å². The lowest BCUT2D eigenvalue weighted by Crippen LogP contribution is -2.08. The molecule has 0 fully saturated rings. The highest BCUT2D eigenvalue weighted by atomic mass is 32.1. The van der Waals surface area contributed by atoms with E-state index >= 15 is 0 Å². The van der Waals surface area contributed by atoms with E-state index in [0.29, 0.717) is 11.5 Å². The highest BCUT2D eigenvalue weighted by Crippen LogP contribution is 2.25. The minimum absolute atomic E-state index is 0.0977. The zero-order chi connectivity index (χ0) is 16.2. The fourth-order valence-electron chi connectivity index (χ4n) is 1.94. The number of aromatic nitrogens is 1. The number of para-hydroxylation sites is 1. The molecule has 0 spiro atoms. The van der Waals surface area contributed by atoms with Gasteiger partial charge in [-0.1, -0.05) is 23.4 Å². The van der Waals surface area contributed by atoms with Gasteiger partial charge >= 0.3 is 5.97 Å². The van der Waals surface area contributed by atoms with Crippen LogP contribution in [0.25, 0.3) is 10.6 Å². The van der Waals surface area contributed by atoms with Gasteiger partial charge in [0.2, 0.25) is 0 Å². The third-order valence-corrected chi connectivity index (χ3v) is 3.88. The van der Waals surface area contributed by atoms with Gasteiger partial charge in [0.1, 0.15) is 17.9 Å². The van der Waals surface area contributed by atoms with Gasteiger partial charge in [-0.25, -0.2) is 4.79 Å². The molecular formula is C15H10N2O5S. The van der Waals surface area contributed by atoms with Gasteiger partial charge in [0.05, 0.1) is 9.80 Å². The molecule has 0 N–H and O–H groups in total. The predicted octanol–water partition coefficient (Wildman–Crippen LogP) is 3.67. The van der Waals surface area contributed by atoms with Crippen molar-refractivity contribution < 1.29 is 19.0 Å².